The van der Waals surface area contributed by atoms with Gasteiger partial charge >= 0.3 is 0 Å². The van der Waals surface area contributed by atoms with Crippen LogP contribution in [0.4, 0.5) is 15.8 Å². The van der Waals surface area contributed by atoms with E-state index in [-0.39, 0.29) is 28.6 Å². The van der Waals surface area contributed by atoms with Gasteiger partial charge in [-0.25, -0.2) is 9.37 Å². The number of non-ortho nitro benzene ring substituents is 1. The number of rotatable bonds is 8. The molecule has 0 spiro atoms. The molecule has 2 aromatic heterocycles. The van der Waals surface area contributed by atoms with E-state index < -0.39 is 28.8 Å². The van der Waals surface area contributed by atoms with Crippen molar-refractivity contribution in [2.45, 2.75) is 0 Å². The number of anilines is 1. The van der Waals surface area contributed by atoms with Gasteiger partial charge in [0.05, 0.1) is 22.0 Å². The van der Waals surface area contributed by atoms with Gasteiger partial charge in [0.1, 0.15) is 17.1 Å². The molecule has 6 aromatic rings. The Morgan fingerprint density at radius 3 is 2.68 bits per heavy atom. The molecule has 1 N–H and O–H groups in total. The average molecular weight is 656 g/mol. The van der Waals surface area contributed by atoms with E-state index in [0.29, 0.717) is 22.2 Å². The Hall–Kier alpha value is -5.69. The molecule has 0 saturated carbocycles. The van der Waals surface area contributed by atoms with Crippen LogP contribution in [0.5, 0.6) is 5.75 Å². The van der Waals surface area contributed by atoms with Crippen molar-refractivity contribution in [3.05, 3.63) is 127 Å². The monoisotopic (exact) mass is 655 g/mol. The van der Waals surface area contributed by atoms with Gasteiger partial charge in [-0.3, -0.25) is 19.7 Å². The van der Waals surface area contributed by atoms with Crippen molar-refractivity contribution in [2.24, 2.45) is 5.10 Å². The van der Waals surface area contributed by atoms with Crippen molar-refractivity contribution in [1.82, 2.24) is 9.66 Å². The second kappa shape index (κ2) is 11.9. The average Bonchev–Trinajstić information content (AvgIpc) is 3.44. The fourth-order valence-corrected chi connectivity index (χ4v) is 4.77. The van der Waals surface area contributed by atoms with Crippen LogP contribution < -0.4 is 15.6 Å². The van der Waals surface area contributed by atoms with Gasteiger partial charge < -0.3 is 14.5 Å². The van der Waals surface area contributed by atoms with Crippen molar-refractivity contribution < 1.29 is 23.3 Å². The van der Waals surface area contributed by atoms with E-state index in [4.69, 9.17) is 9.15 Å². The summed E-state index contributed by atoms with van der Waals surface area (Å²) in [6.07, 6.45) is 1.21. The molecule has 44 heavy (non-hydrogen) atoms. The Labute approximate surface area is 255 Å². The lowest BCUT2D eigenvalue weighted by Crippen LogP contribution is -2.21. The normalized spacial score (nSPS) is 11.3. The predicted molar refractivity (Wildman–Crippen MR) is 166 cm³/mol. The molecule has 2 heterocycles. The van der Waals surface area contributed by atoms with Crippen LogP contribution in [0.25, 0.3) is 33.5 Å². The molecule has 11 nitrogen and oxygen atoms in total. The number of nitrogens with zero attached hydrogens (tertiary/aromatic N) is 4. The minimum Gasteiger partial charge on any atom is -0.483 e. The summed E-state index contributed by atoms with van der Waals surface area (Å²) in [5.41, 5.74) is 0.700. The number of fused-ring (bicyclic) bond motifs is 2. The number of nitrogens with one attached hydrogen (secondary N) is 1. The summed E-state index contributed by atoms with van der Waals surface area (Å²) in [5.74, 6) is -0.543. The molecular weight excluding hydrogens is 637 g/mol. The van der Waals surface area contributed by atoms with Crippen LogP contribution in [0.15, 0.2) is 110 Å². The SMILES string of the molecule is O=C(COc1ccc([N+](=O)[O-])cc1C=Nn1c(-c2cc3cc(Br)ccc3o2)nc2ccccc2c1=O)Nc1ccc(F)cc1. The summed E-state index contributed by atoms with van der Waals surface area (Å²) in [6.45, 7) is -0.465. The molecule has 6 rings (SSSR count). The Bertz CT molecular complexity index is 2160. The highest BCUT2D eigenvalue weighted by molar-refractivity contribution is 9.10. The summed E-state index contributed by atoms with van der Waals surface area (Å²) >= 11 is 3.44. The lowest BCUT2D eigenvalue weighted by Gasteiger charge is -2.10. The van der Waals surface area contributed by atoms with Gasteiger partial charge in [0.15, 0.2) is 12.4 Å². The van der Waals surface area contributed by atoms with Crippen molar-refractivity contribution in [3.8, 4) is 17.3 Å². The van der Waals surface area contributed by atoms with Gasteiger partial charge in [-0.2, -0.15) is 9.78 Å². The molecule has 0 aliphatic heterocycles. The van der Waals surface area contributed by atoms with Gasteiger partial charge in [-0.1, -0.05) is 28.1 Å². The number of hydrogen-bond donors (Lipinski definition) is 1. The molecule has 0 radical (unpaired) electrons. The number of ether oxygens (including phenoxy) is 1. The van der Waals surface area contributed by atoms with E-state index in [0.717, 1.165) is 14.5 Å². The summed E-state index contributed by atoms with van der Waals surface area (Å²) in [5, 5.41) is 19.5. The van der Waals surface area contributed by atoms with Gasteiger partial charge in [0.2, 0.25) is 5.82 Å². The standard InChI is InChI=1S/C31H19BrFN5O6/c32-20-5-11-27-18(13-20)15-28(44-27)30-36-25-4-2-1-3-24(25)31(40)37(30)34-16-19-14-23(38(41)42)10-12-26(19)43-17-29(39)35-22-8-6-21(33)7-9-22/h1-16H,17H2,(H,35,39). The zero-order valence-corrected chi connectivity index (χ0v) is 24.0. The lowest BCUT2D eigenvalue weighted by molar-refractivity contribution is -0.384. The first-order valence-electron chi connectivity index (χ1n) is 13.0. The van der Waals surface area contributed by atoms with E-state index >= 15 is 0 Å². The van der Waals surface area contributed by atoms with Gasteiger partial charge in [-0.15, -0.1) is 0 Å². The maximum Gasteiger partial charge on any atom is 0.282 e. The number of carbonyl (C=O) groups excluding carboxylic acids is 1. The van der Waals surface area contributed by atoms with Crippen molar-refractivity contribution >= 4 is 61.3 Å². The molecule has 0 fully saturated rings. The van der Waals surface area contributed by atoms with Crippen molar-refractivity contribution in [2.75, 3.05) is 11.9 Å². The number of halogens is 2. The van der Waals surface area contributed by atoms with Crippen LogP contribution in [0.2, 0.25) is 0 Å². The third-order valence-corrected chi connectivity index (χ3v) is 6.95. The molecule has 0 saturated heterocycles. The van der Waals surface area contributed by atoms with E-state index in [9.17, 15) is 24.1 Å². The topological polar surface area (TPSA) is 142 Å². The number of nitro groups is 1. The minimum atomic E-state index is -0.593. The molecule has 0 unspecified atom stereocenters. The van der Waals surface area contributed by atoms with Crippen molar-refractivity contribution in [1.29, 1.82) is 0 Å². The first kappa shape index (κ1) is 28.4. The number of furan rings is 1. The molecule has 0 atom stereocenters. The summed E-state index contributed by atoms with van der Waals surface area (Å²) < 4.78 is 26.7. The highest BCUT2D eigenvalue weighted by atomic mass is 79.9. The fraction of sp³-hybridized carbons (Fsp3) is 0.0323. The number of carbonyl (C=O) groups is 1. The van der Waals surface area contributed by atoms with Crippen LogP contribution in [0.1, 0.15) is 5.56 Å². The Morgan fingerprint density at radius 2 is 1.89 bits per heavy atom. The quantitative estimate of drug-likeness (QED) is 0.112. The van der Waals surface area contributed by atoms with Gasteiger partial charge in [-0.05, 0) is 66.7 Å². The predicted octanol–water partition coefficient (Wildman–Crippen LogP) is 6.52. The number of hydrogen-bond acceptors (Lipinski definition) is 8. The Balaban J connectivity index is 1.38. The second-order valence-corrected chi connectivity index (χ2v) is 10.3. The van der Waals surface area contributed by atoms with E-state index in [2.05, 4.69) is 31.3 Å². The first-order chi connectivity index (χ1) is 21.2. The number of benzene rings is 4. The lowest BCUT2D eigenvalue weighted by atomic mass is 10.2. The van der Waals surface area contributed by atoms with E-state index in [1.54, 1.807) is 36.4 Å². The maximum absolute atomic E-state index is 13.6. The minimum absolute atomic E-state index is 0.0885. The number of amides is 1. The molecular formula is C31H19BrFN5O6. The van der Waals surface area contributed by atoms with Crippen LogP contribution in [0, 0.1) is 15.9 Å². The zero-order chi connectivity index (χ0) is 30.8. The highest BCUT2D eigenvalue weighted by Gasteiger charge is 2.18. The Morgan fingerprint density at radius 1 is 1.09 bits per heavy atom. The highest BCUT2D eigenvalue weighted by Crippen LogP contribution is 2.29. The molecule has 13 heteroatoms. The summed E-state index contributed by atoms with van der Waals surface area (Å²) in [4.78, 5) is 41.7. The molecule has 0 aliphatic carbocycles. The molecule has 4 aromatic carbocycles. The molecule has 218 valence electrons. The van der Waals surface area contributed by atoms with Crippen LogP contribution >= 0.6 is 15.9 Å². The zero-order valence-electron chi connectivity index (χ0n) is 22.4. The van der Waals surface area contributed by atoms with Gasteiger partial charge in [0, 0.05) is 33.2 Å². The molecule has 0 bridgehead atoms. The first-order valence-corrected chi connectivity index (χ1v) is 13.8. The van der Waals surface area contributed by atoms with Crippen LogP contribution in [-0.2, 0) is 4.79 Å². The molecule has 1 amide bonds. The van der Waals surface area contributed by atoms with Crippen molar-refractivity contribution in [3.63, 3.8) is 0 Å². The molecule has 0 aliphatic rings. The van der Waals surface area contributed by atoms with Crippen LogP contribution in [0.3, 0.4) is 0 Å². The van der Waals surface area contributed by atoms with E-state index in [1.165, 1.54) is 48.7 Å². The number of para-hydroxylation sites is 1. The smallest absolute Gasteiger partial charge is 0.282 e. The largest absolute Gasteiger partial charge is 0.483 e. The maximum atomic E-state index is 13.6. The number of aromatic nitrogens is 2. The van der Waals surface area contributed by atoms with Gasteiger partial charge in [0.25, 0.3) is 17.2 Å². The summed E-state index contributed by atoms with van der Waals surface area (Å²) in [6, 6.07) is 22.8. The third-order valence-electron chi connectivity index (χ3n) is 6.46. The van der Waals surface area contributed by atoms with E-state index in [1.807, 2.05) is 12.1 Å². The Kier molecular flexibility index (Phi) is 7.69. The summed E-state index contributed by atoms with van der Waals surface area (Å²) in [7, 11) is 0. The van der Waals surface area contributed by atoms with Crippen LogP contribution in [-0.4, -0.2) is 33.3 Å². The fourth-order valence-electron chi connectivity index (χ4n) is 4.39. The third kappa shape index (κ3) is 5.94. The number of nitro benzene ring substituents is 1. The second-order valence-electron chi connectivity index (χ2n) is 9.43.